The quantitative estimate of drug-likeness (QED) is 0.608. The van der Waals surface area contributed by atoms with E-state index >= 15 is 0 Å². The molecule has 12 heavy (non-hydrogen) atoms. The Morgan fingerprint density at radius 1 is 1.50 bits per heavy atom. The summed E-state index contributed by atoms with van der Waals surface area (Å²) in [4.78, 5) is 11.0. The summed E-state index contributed by atoms with van der Waals surface area (Å²) in [6.07, 6.45) is -0.537. The minimum Gasteiger partial charge on any atom is -0.457 e. The van der Waals surface area contributed by atoms with Crippen molar-refractivity contribution >= 4 is 5.97 Å². The van der Waals surface area contributed by atoms with E-state index in [-0.39, 0.29) is 25.1 Å². The van der Waals surface area contributed by atoms with Gasteiger partial charge in [0.2, 0.25) is 0 Å². The summed E-state index contributed by atoms with van der Waals surface area (Å²) >= 11 is 0. The Balaban J connectivity index is 3.77. The SMILES string of the molecule is COCC(CO)OC(=O)C(C)C. The number of aliphatic hydroxyl groups excluding tert-OH is 1. The summed E-state index contributed by atoms with van der Waals surface area (Å²) in [6, 6.07) is 0. The van der Waals surface area contributed by atoms with Crippen LogP contribution in [0.4, 0.5) is 0 Å². The lowest BCUT2D eigenvalue weighted by Gasteiger charge is -2.15. The lowest BCUT2D eigenvalue weighted by atomic mass is 10.2. The Bertz CT molecular complexity index is 133. The number of ether oxygens (including phenoxy) is 2. The summed E-state index contributed by atoms with van der Waals surface area (Å²) in [5.41, 5.74) is 0. The Labute approximate surface area is 72.5 Å². The average Bonchev–Trinajstić information content (AvgIpc) is 2.03. The van der Waals surface area contributed by atoms with Crippen molar-refractivity contribution < 1.29 is 19.4 Å². The molecule has 1 N–H and O–H groups in total. The highest BCUT2D eigenvalue weighted by molar-refractivity contribution is 5.71. The van der Waals surface area contributed by atoms with Gasteiger partial charge in [-0.25, -0.2) is 0 Å². The third-order valence-corrected chi connectivity index (χ3v) is 1.31. The van der Waals surface area contributed by atoms with Crippen molar-refractivity contribution in [3.8, 4) is 0 Å². The van der Waals surface area contributed by atoms with Gasteiger partial charge in [-0.1, -0.05) is 13.8 Å². The fraction of sp³-hybridized carbons (Fsp3) is 0.875. The van der Waals surface area contributed by atoms with Crippen molar-refractivity contribution in [3.05, 3.63) is 0 Å². The molecular weight excluding hydrogens is 160 g/mol. The first-order valence-electron chi connectivity index (χ1n) is 3.92. The summed E-state index contributed by atoms with van der Waals surface area (Å²) in [6.45, 7) is 3.51. The first-order valence-corrected chi connectivity index (χ1v) is 3.92. The van der Waals surface area contributed by atoms with E-state index in [1.165, 1.54) is 7.11 Å². The molecule has 0 heterocycles. The van der Waals surface area contributed by atoms with Crippen LogP contribution in [0, 0.1) is 5.92 Å². The van der Waals surface area contributed by atoms with E-state index in [9.17, 15) is 4.79 Å². The number of rotatable bonds is 5. The Hall–Kier alpha value is -0.610. The molecule has 0 rings (SSSR count). The standard InChI is InChI=1S/C8H16O4/c1-6(2)8(10)12-7(4-9)5-11-3/h6-7,9H,4-5H2,1-3H3. The van der Waals surface area contributed by atoms with Crippen LogP contribution in [-0.2, 0) is 14.3 Å². The molecule has 0 saturated carbocycles. The maximum absolute atomic E-state index is 11.0. The molecule has 4 nitrogen and oxygen atoms in total. The maximum Gasteiger partial charge on any atom is 0.308 e. The highest BCUT2D eigenvalue weighted by Gasteiger charge is 2.15. The molecule has 0 spiro atoms. The van der Waals surface area contributed by atoms with Crippen LogP contribution >= 0.6 is 0 Å². The molecule has 0 aromatic heterocycles. The molecule has 72 valence electrons. The van der Waals surface area contributed by atoms with E-state index in [1.54, 1.807) is 13.8 Å². The van der Waals surface area contributed by atoms with Crippen molar-refractivity contribution in [2.45, 2.75) is 20.0 Å². The lowest BCUT2D eigenvalue weighted by Crippen LogP contribution is -2.28. The topological polar surface area (TPSA) is 55.8 Å². The van der Waals surface area contributed by atoms with Gasteiger partial charge in [-0.15, -0.1) is 0 Å². The molecule has 0 saturated heterocycles. The van der Waals surface area contributed by atoms with E-state index < -0.39 is 6.10 Å². The number of carbonyl (C=O) groups is 1. The molecule has 0 aliphatic rings. The van der Waals surface area contributed by atoms with Gasteiger partial charge in [0.15, 0.2) is 0 Å². The van der Waals surface area contributed by atoms with E-state index in [0.717, 1.165) is 0 Å². The third kappa shape index (κ3) is 4.31. The monoisotopic (exact) mass is 176 g/mol. The second-order valence-corrected chi connectivity index (χ2v) is 2.85. The zero-order chi connectivity index (χ0) is 9.56. The molecule has 1 atom stereocenters. The second-order valence-electron chi connectivity index (χ2n) is 2.85. The lowest BCUT2D eigenvalue weighted by molar-refractivity contribution is -0.157. The predicted octanol–water partition coefficient (Wildman–Crippen LogP) is 0.193. The van der Waals surface area contributed by atoms with Gasteiger partial charge in [-0.05, 0) is 0 Å². The van der Waals surface area contributed by atoms with Crippen molar-refractivity contribution in [1.29, 1.82) is 0 Å². The first kappa shape index (κ1) is 11.4. The van der Waals surface area contributed by atoms with Crippen LogP contribution in [-0.4, -0.2) is 37.5 Å². The Kier molecular flexibility index (Phi) is 5.66. The van der Waals surface area contributed by atoms with Gasteiger partial charge in [-0.2, -0.15) is 0 Å². The average molecular weight is 176 g/mol. The molecule has 1 unspecified atom stereocenters. The van der Waals surface area contributed by atoms with Crippen LogP contribution in [0.2, 0.25) is 0 Å². The van der Waals surface area contributed by atoms with Crippen LogP contribution < -0.4 is 0 Å². The molecule has 0 fully saturated rings. The summed E-state index contributed by atoms with van der Waals surface area (Å²) < 4.78 is 9.63. The van der Waals surface area contributed by atoms with E-state index in [0.29, 0.717) is 0 Å². The second kappa shape index (κ2) is 5.97. The number of aliphatic hydroxyl groups is 1. The largest absolute Gasteiger partial charge is 0.457 e. The van der Waals surface area contributed by atoms with Gasteiger partial charge in [0, 0.05) is 7.11 Å². The Morgan fingerprint density at radius 2 is 2.08 bits per heavy atom. The molecule has 0 amide bonds. The zero-order valence-electron chi connectivity index (χ0n) is 7.74. The van der Waals surface area contributed by atoms with Gasteiger partial charge in [0.1, 0.15) is 6.10 Å². The van der Waals surface area contributed by atoms with Crippen molar-refractivity contribution in [2.24, 2.45) is 5.92 Å². The van der Waals surface area contributed by atoms with Crippen molar-refractivity contribution in [3.63, 3.8) is 0 Å². The number of methoxy groups -OCH3 is 1. The molecule has 0 aromatic rings. The van der Waals surface area contributed by atoms with Crippen LogP contribution in [0.3, 0.4) is 0 Å². The molecule has 0 aliphatic heterocycles. The molecule has 0 aliphatic carbocycles. The molecular formula is C8H16O4. The van der Waals surface area contributed by atoms with Gasteiger partial charge >= 0.3 is 5.97 Å². The summed E-state index contributed by atoms with van der Waals surface area (Å²) in [5.74, 6) is -0.484. The van der Waals surface area contributed by atoms with E-state index in [2.05, 4.69) is 0 Å². The number of carbonyl (C=O) groups excluding carboxylic acids is 1. The number of esters is 1. The molecule has 4 heteroatoms. The highest BCUT2D eigenvalue weighted by Crippen LogP contribution is 2.00. The molecule has 0 bridgehead atoms. The predicted molar refractivity (Wildman–Crippen MR) is 43.7 cm³/mol. The van der Waals surface area contributed by atoms with Gasteiger partial charge in [0.25, 0.3) is 0 Å². The van der Waals surface area contributed by atoms with Gasteiger partial charge < -0.3 is 14.6 Å². The fourth-order valence-electron chi connectivity index (χ4n) is 0.610. The number of hydrogen-bond acceptors (Lipinski definition) is 4. The van der Waals surface area contributed by atoms with E-state index in [4.69, 9.17) is 14.6 Å². The summed E-state index contributed by atoms with van der Waals surface area (Å²) in [5, 5.41) is 8.73. The summed E-state index contributed by atoms with van der Waals surface area (Å²) in [7, 11) is 1.49. The van der Waals surface area contributed by atoms with Gasteiger partial charge in [0.05, 0.1) is 19.1 Å². The van der Waals surface area contributed by atoms with E-state index in [1.807, 2.05) is 0 Å². The highest BCUT2D eigenvalue weighted by atomic mass is 16.6. The minimum absolute atomic E-state index is 0.170. The van der Waals surface area contributed by atoms with Crippen LogP contribution in [0.25, 0.3) is 0 Å². The van der Waals surface area contributed by atoms with Crippen LogP contribution in [0.5, 0.6) is 0 Å². The van der Waals surface area contributed by atoms with Crippen molar-refractivity contribution in [2.75, 3.05) is 20.3 Å². The molecule has 0 aromatic carbocycles. The molecule has 0 radical (unpaired) electrons. The Morgan fingerprint density at radius 3 is 2.42 bits per heavy atom. The number of hydrogen-bond donors (Lipinski definition) is 1. The first-order chi connectivity index (χ1) is 5.61. The fourth-order valence-corrected chi connectivity index (χ4v) is 0.610. The van der Waals surface area contributed by atoms with Crippen molar-refractivity contribution in [1.82, 2.24) is 0 Å². The van der Waals surface area contributed by atoms with Gasteiger partial charge in [-0.3, -0.25) is 4.79 Å². The third-order valence-electron chi connectivity index (χ3n) is 1.31. The van der Waals surface area contributed by atoms with Crippen LogP contribution in [0.1, 0.15) is 13.8 Å². The maximum atomic E-state index is 11.0. The normalized spacial score (nSPS) is 13.1. The zero-order valence-corrected chi connectivity index (χ0v) is 7.74. The smallest absolute Gasteiger partial charge is 0.308 e. The van der Waals surface area contributed by atoms with Crippen LogP contribution in [0.15, 0.2) is 0 Å². The minimum atomic E-state index is -0.537.